The van der Waals surface area contributed by atoms with Gasteiger partial charge in [-0.1, -0.05) is 0 Å². The van der Waals surface area contributed by atoms with Gasteiger partial charge in [0, 0.05) is 56.8 Å². The number of nitrogens with zero attached hydrogens (tertiary/aromatic N) is 8. The van der Waals surface area contributed by atoms with Crippen molar-refractivity contribution < 1.29 is 9.47 Å². The Balaban J connectivity index is 1.19. The Hall–Kier alpha value is -3.95. The zero-order valence-electron chi connectivity index (χ0n) is 18.1. The molecule has 2 atom stereocenters. The second-order valence-electron chi connectivity index (χ2n) is 8.26. The standard InChI is InChI=1S/C23H24N8O2/c1-7-24-8-2-17(1)32-19-5-11-29(14-19)21-13-22(31-23(28-21)26-16-27-31)30-12-6-20(15-30)33-18-3-9-25-10-4-18/h1-4,7-10,13,16,19-20H,5-6,11-12,14-15H2. The van der Waals surface area contributed by atoms with Crippen LogP contribution < -0.4 is 19.3 Å². The number of hydrogen-bond donors (Lipinski definition) is 0. The number of fused-ring (bicyclic) bond motifs is 1. The minimum absolute atomic E-state index is 0.104. The fourth-order valence-electron chi connectivity index (χ4n) is 4.46. The summed E-state index contributed by atoms with van der Waals surface area (Å²) in [6.45, 7) is 3.30. The van der Waals surface area contributed by atoms with E-state index in [9.17, 15) is 0 Å². The maximum atomic E-state index is 6.15. The molecule has 2 unspecified atom stereocenters. The molecule has 2 aliphatic rings. The quantitative estimate of drug-likeness (QED) is 0.444. The highest BCUT2D eigenvalue weighted by Crippen LogP contribution is 2.29. The van der Waals surface area contributed by atoms with E-state index in [1.807, 2.05) is 24.3 Å². The molecular weight excluding hydrogens is 420 g/mol. The summed E-state index contributed by atoms with van der Waals surface area (Å²) < 4.78 is 14.1. The summed E-state index contributed by atoms with van der Waals surface area (Å²) in [6.07, 6.45) is 10.6. The minimum atomic E-state index is 0.104. The van der Waals surface area contributed by atoms with Crippen LogP contribution in [0.15, 0.2) is 61.4 Å². The van der Waals surface area contributed by atoms with Crippen LogP contribution in [0.5, 0.6) is 11.5 Å². The van der Waals surface area contributed by atoms with E-state index in [1.165, 1.54) is 0 Å². The van der Waals surface area contributed by atoms with Crippen molar-refractivity contribution in [2.75, 3.05) is 36.0 Å². The molecule has 0 amide bonds. The van der Waals surface area contributed by atoms with Crippen LogP contribution >= 0.6 is 0 Å². The van der Waals surface area contributed by atoms with Crippen LogP contribution in [0.1, 0.15) is 12.8 Å². The van der Waals surface area contributed by atoms with E-state index >= 15 is 0 Å². The van der Waals surface area contributed by atoms with Crippen LogP contribution in [0.4, 0.5) is 11.6 Å². The number of rotatable bonds is 6. The molecule has 4 aromatic heterocycles. The molecule has 0 N–H and O–H groups in total. The molecule has 10 nitrogen and oxygen atoms in total. The predicted octanol–water partition coefficient (Wildman–Crippen LogP) is 2.23. The number of pyridine rings is 2. The third-order valence-corrected chi connectivity index (χ3v) is 6.06. The van der Waals surface area contributed by atoms with Gasteiger partial charge in [-0.05, 0) is 24.3 Å². The highest BCUT2D eigenvalue weighted by atomic mass is 16.5. The molecule has 4 aromatic rings. The predicted molar refractivity (Wildman–Crippen MR) is 122 cm³/mol. The Bertz CT molecular complexity index is 1220. The summed E-state index contributed by atoms with van der Waals surface area (Å²) >= 11 is 0. The Labute approximate surface area is 190 Å². The van der Waals surface area contributed by atoms with Crippen molar-refractivity contribution in [1.29, 1.82) is 0 Å². The lowest BCUT2D eigenvalue weighted by Gasteiger charge is -2.23. The van der Waals surface area contributed by atoms with E-state index in [0.29, 0.717) is 5.78 Å². The molecular formula is C23H24N8O2. The van der Waals surface area contributed by atoms with Crippen molar-refractivity contribution in [2.45, 2.75) is 25.0 Å². The highest BCUT2D eigenvalue weighted by molar-refractivity contribution is 5.57. The normalized spacial score (nSPS) is 20.5. The van der Waals surface area contributed by atoms with Crippen LogP contribution in [0.25, 0.3) is 5.78 Å². The third kappa shape index (κ3) is 4.11. The van der Waals surface area contributed by atoms with E-state index < -0.39 is 0 Å². The van der Waals surface area contributed by atoms with Gasteiger partial charge in [-0.25, -0.2) is 0 Å². The lowest BCUT2D eigenvalue weighted by Crippen LogP contribution is -2.28. The Morgan fingerprint density at radius 1 is 0.788 bits per heavy atom. The van der Waals surface area contributed by atoms with Gasteiger partial charge in [0.1, 0.15) is 41.7 Å². The van der Waals surface area contributed by atoms with Gasteiger partial charge in [0.2, 0.25) is 0 Å². The SMILES string of the molecule is c1cc(OC2CCN(c3cc(N4CCC(Oc5ccncc5)C4)n4ncnc4n3)C2)ccn1. The van der Waals surface area contributed by atoms with Crippen molar-refractivity contribution in [3.05, 3.63) is 61.4 Å². The van der Waals surface area contributed by atoms with Crippen molar-refractivity contribution in [1.82, 2.24) is 29.5 Å². The molecule has 0 radical (unpaired) electrons. The van der Waals surface area contributed by atoms with Gasteiger partial charge < -0.3 is 19.3 Å². The topological polar surface area (TPSA) is 93.8 Å². The van der Waals surface area contributed by atoms with Crippen LogP contribution in [-0.2, 0) is 0 Å². The molecule has 6 heterocycles. The molecule has 2 saturated heterocycles. The van der Waals surface area contributed by atoms with Gasteiger partial charge >= 0.3 is 0 Å². The Morgan fingerprint density at radius 3 is 2.06 bits per heavy atom. The largest absolute Gasteiger partial charge is 0.488 e. The summed E-state index contributed by atoms with van der Waals surface area (Å²) in [5, 5.41) is 4.41. The van der Waals surface area contributed by atoms with Crippen molar-refractivity contribution >= 4 is 17.4 Å². The number of ether oxygens (including phenoxy) is 2. The maximum absolute atomic E-state index is 6.15. The van der Waals surface area contributed by atoms with Crippen molar-refractivity contribution in [3.8, 4) is 11.5 Å². The summed E-state index contributed by atoms with van der Waals surface area (Å²) in [7, 11) is 0. The van der Waals surface area contributed by atoms with E-state index in [-0.39, 0.29) is 12.2 Å². The van der Waals surface area contributed by atoms with E-state index in [0.717, 1.165) is 62.2 Å². The monoisotopic (exact) mass is 444 g/mol. The summed E-state index contributed by atoms with van der Waals surface area (Å²) in [6, 6.07) is 9.66. The van der Waals surface area contributed by atoms with E-state index in [2.05, 4.69) is 35.9 Å². The van der Waals surface area contributed by atoms with Crippen LogP contribution in [0, 0.1) is 0 Å². The fraction of sp³-hybridized carbons (Fsp3) is 0.348. The first-order valence-electron chi connectivity index (χ1n) is 11.2. The molecule has 33 heavy (non-hydrogen) atoms. The Morgan fingerprint density at radius 2 is 1.39 bits per heavy atom. The molecule has 6 rings (SSSR count). The number of hydrogen-bond acceptors (Lipinski definition) is 9. The molecule has 0 bridgehead atoms. The summed E-state index contributed by atoms with van der Waals surface area (Å²) in [4.78, 5) is 21.8. The second kappa shape index (κ2) is 8.53. The summed E-state index contributed by atoms with van der Waals surface area (Å²) in [5.74, 6) is 4.15. The van der Waals surface area contributed by atoms with Gasteiger partial charge in [-0.15, -0.1) is 0 Å². The average Bonchev–Trinajstić information content (AvgIpc) is 3.61. The zero-order chi connectivity index (χ0) is 22.0. The van der Waals surface area contributed by atoms with Gasteiger partial charge in [-0.3, -0.25) is 9.97 Å². The minimum Gasteiger partial charge on any atom is -0.488 e. The average molecular weight is 444 g/mol. The molecule has 2 aliphatic heterocycles. The van der Waals surface area contributed by atoms with Gasteiger partial charge in [0.25, 0.3) is 5.78 Å². The van der Waals surface area contributed by atoms with Crippen LogP contribution in [0.2, 0.25) is 0 Å². The van der Waals surface area contributed by atoms with E-state index in [4.69, 9.17) is 14.5 Å². The van der Waals surface area contributed by atoms with Crippen LogP contribution in [0.3, 0.4) is 0 Å². The number of anilines is 2. The molecule has 0 spiro atoms. The van der Waals surface area contributed by atoms with Gasteiger partial charge in [-0.2, -0.15) is 19.6 Å². The van der Waals surface area contributed by atoms with Gasteiger partial charge in [0.05, 0.1) is 13.1 Å². The first-order chi connectivity index (χ1) is 16.3. The van der Waals surface area contributed by atoms with Crippen molar-refractivity contribution in [2.24, 2.45) is 0 Å². The molecule has 2 fully saturated rings. The maximum Gasteiger partial charge on any atom is 0.256 e. The first kappa shape index (κ1) is 19.7. The fourth-order valence-corrected chi connectivity index (χ4v) is 4.46. The van der Waals surface area contributed by atoms with Gasteiger partial charge in [0.15, 0.2) is 0 Å². The second-order valence-corrected chi connectivity index (χ2v) is 8.26. The lowest BCUT2D eigenvalue weighted by molar-refractivity contribution is 0.224. The summed E-state index contributed by atoms with van der Waals surface area (Å²) in [5.41, 5.74) is 0. The third-order valence-electron chi connectivity index (χ3n) is 6.06. The number of aromatic nitrogens is 6. The molecule has 0 aliphatic carbocycles. The molecule has 0 saturated carbocycles. The van der Waals surface area contributed by atoms with Crippen molar-refractivity contribution in [3.63, 3.8) is 0 Å². The zero-order valence-corrected chi connectivity index (χ0v) is 18.1. The van der Waals surface area contributed by atoms with E-state index in [1.54, 1.807) is 35.6 Å². The molecule has 10 heteroatoms. The first-order valence-corrected chi connectivity index (χ1v) is 11.2. The molecule has 0 aromatic carbocycles. The van der Waals surface area contributed by atoms with Crippen LogP contribution in [-0.4, -0.2) is 67.9 Å². The highest BCUT2D eigenvalue weighted by Gasteiger charge is 2.30. The Kier molecular flexibility index (Phi) is 5.10. The lowest BCUT2D eigenvalue weighted by atomic mass is 10.3. The smallest absolute Gasteiger partial charge is 0.256 e. The molecule has 168 valence electrons.